The lowest BCUT2D eigenvalue weighted by Crippen LogP contribution is -2.19. The van der Waals surface area contributed by atoms with Crippen molar-refractivity contribution >= 4 is 6.03 Å². The Hall–Kier alpha value is -3.22. The van der Waals surface area contributed by atoms with Gasteiger partial charge in [0, 0.05) is 30.0 Å². The summed E-state index contributed by atoms with van der Waals surface area (Å²) in [5.41, 5.74) is 6.42. The highest BCUT2D eigenvalue weighted by Gasteiger charge is 2.07. The van der Waals surface area contributed by atoms with Crippen LogP contribution in [0, 0.1) is 11.6 Å². The van der Waals surface area contributed by atoms with Gasteiger partial charge in [0.2, 0.25) is 0 Å². The molecule has 0 fully saturated rings. The Balaban J connectivity index is 1.79. The van der Waals surface area contributed by atoms with E-state index in [2.05, 4.69) is 5.10 Å². The molecule has 3 rings (SSSR count). The lowest BCUT2D eigenvalue weighted by atomic mass is 10.1. The van der Waals surface area contributed by atoms with Crippen LogP contribution < -0.4 is 10.5 Å². The maximum atomic E-state index is 13.1. The van der Waals surface area contributed by atoms with Crippen LogP contribution in [0.4, 0.5) is 13.6 Å². The fraction of sp³-hybridized carbons (Fsp3) is 0. The van der Waals surface area contributed by atoms with Crippen molar-refractivity contribution in [3.05, 3.63) is 66.4 Å². The van der Waals surface area contributed by atoms with E-state index < -0.39 is 17.7 Å². The molecular weight excluding hydrogens is 303 g/mol. The third-order valence-corrected chi connectivity index (χ3v) is 3.04. The molecule has 116 valence electrons. The molecule has 0 aliphatic rings. The summed E-state index contributed by atoms with van der Waals surface area (Å²) < 4.78 is 32.6. The molecule has 2 N–H and O–H groups in total. The smallest absolute Gasteiger partial charge is 0.339 e. The summed E-state index contributed by atoms with van der Waals surface area (Å²) in [6.07, 6.45) is 1.46. The van der Waals surface area contributed by atoms with Gasteiger partial charge in [0.15, 0.2) is 0 Å². The number of nitrogens with two attached hydrogens (primary N) is 1. The molecule has 0 aliphatic carbocycles. The molecule has 0 aliphatic heterocycles. The molecule has 1 aromatic heterocycles. The first-order chi connectivity index (χ1) is 11.0. The molecule has 0 unspecified atom stereocenters. The minimum atomic E-state index is -0.714. The summed E-state index contributed by atoms with van der Waals surface area (Å²) in [4.78, 5) is 11.0. The fourth-order valence-electron chi connectivity index (χ4n) is 2.02. The molecule has 1 amide bonds. The van der Waals surface area contributed by atoms with Crippen molar-refractivity contribution in [1.82, 2.24) is 9.78 Å². The fourth-order valence-corrected chi connectivity index (χ4v) is 2.02. The van der Waals surface area contributed by atoms with E-state index in [-0.39, 0.29) is 5.75 Å². The van der Waals surface area contributed by atoms with Crippen LogP contribution in [0.25, 0.3) is 11.3 Å². The van der Waals surface area contributed by atoms with Crippen molar-refractivity contribution in [3.8, 4) is 22.8 Å². The molecule has 23 heavy (non-hydrogen) atoms. The molecule has 0 spiro atoms. The first-order valence-electron chi connectivity index (χ1n) is 6.61. The first kappa shape index (κ1) is 14.7. The van der Waals surface area contributed by atoms with Gasteiger partial charge in [-0.05, 0) is 30.3 Å². The summed E-state index contributed by atoms with van der Waals surface area (Å²) in [6.45, 7) is 0. The Morgan fingerprint density at radius 1 is 1.00 bits per heavy atom. The van der Waals surface area contributed by atoms with Gasteiger partial charge in [-0.3, -0.25) is 0 Å². The lowest BCUT2D eigenvalue weighted by Gasteiger charge is -2.06. The average molecular weight is 314 g/mol. The largest absolute Gasteiger partial charge is 0.457 e. The minimum Gasteiger partial charge on any atom is -0.457 e. The van der Waals surface area contributed by atoms with Crippen molar-refractivity contribution in [3.63, 3.8) is 0 Å². The normalized spacial score (nSPS) is 10.5. The summed E-state index contributed by atoms with van der Waals surface area (Å²) in [7, 11) is 0. The summed E-state index contributed by atoms with van der Waals surface area (Å²) in [5.74, 6) is -0.955. The number of hydrogen-bond donors (Lipinski definition) is 1. The highest BCUT2D eigenvalue weighted by atomic mass is 19.1. The van der Waals surface area contributed by atoms with E-state index in [0.717, 1.165) is 28.4 Å². The number of carbonyl (C=O) groups excluding carboxylic acids is 1. The maximum Gasteiger partial charge on any atom is 0.339 e. The molecule has 1 heterocycles. The zero-order valence-electron chi connectivity index (χ0n) is 11.7. The number of amides is 1. The zero-order valence-corrected chi connectivity index (χ0v) is 11.7. The van der Waals surface area contributed by atoms with Crippen LogP contribution in [-0.4, -0.2) is 15.8 Å². The van der Waals surface area contributed by atoms with Gasteiger partial charge in [0.1, 0.15) is 23.1 Å². The lowest BCUT2D eigenvalue weighted by molar-refractivity contribution is 0.248. The van der Waals surface area contributed by atoms with Gasteiger partial charge in [-0.15, -0.1) is 0 Å². The van der Waals surface area contributed by atoms with Crippen molar-refractivity contribution in [2.75, 3.05) is 0 Å². The van der Waals surface area contributed by atoms with Crippen LogP contribution in [0.1, 0.15) is 0 Å². The first-order valence-corrected chi connectivity index (χ1v) is 6.61. The van der Waals surface area contributed by atoms with E-state index in [4.69, 9.17) is 10.5 Å². The van der Waals surface area contributed by atoms with Gasteiger partial charge in [0.25, 0.3) is 0 Å². The van der Waals surface area contributed by atoms with Crippen LogP contribution >= 0.6 is 0 Å². The van der Waals surface area contributed by atoms with E-state index in [1.165, 1.54) is 6.20 Å². The second-order valence-corrected chi connectivity index (χ2v) is 4.72. The van der Waals surface area contributed by atoms with E-state index in [0.29, 0.717) is 11.4 Å². The number of carbonyl (C=O) groups is 1. The third kappa shape index (κ3) is 3.34. The van der Waals surface area contributed by atoms with Gasteiger partial charge in [-0.25, -0.2) is 13.6 Å². The SMILES string of the molecule is NC(=O)n1ccc(-c2ccc(Oc3cc(F)cc([18F])c3)cc2)n1. The Morgan fingerprint density at radius 2 is 1.65 bits per heavy atom. The number of halogens is 2. The highest BCUT2D eigenvalue weighted by molar-refractivity contribution is 5.74. The van der Waals surface area contributed by atoms with Crippen LogP contribution in [0.2, 0.25) is 0 Å². The molecule has 5 nitrogen and oxygen atoms in total. The molecular formula is C16H11F2N3O2. The third-order valence-electron chi connectivity index (χ3n) is 3.04. The molecule has 2 aromatic carbocycles. The van der Waals surface area contributed by atoms with Crippen LogP contribution in [0.5, 0.6) is 11.5 Å². The zero-order chi connectivity index (χ0) is 16.4. The van der Waals surface area contributed by atoms with Crippen LogP contribution in [-0.2, 0) is 0 Å². The maximum absolute atomic E-state index is 13.1. The molecule has 0 saturated carbocycles. The molecule has 0 atom stereocenters. The Labute approximate surface area is 129 Å². The van der Waals surface area contributed by atoms with Crippen LogP contribution in [0.3, 0.4) is 0 Å². The van der Waals surface area contributed by atoms with Gasteiger partial charge in [0.05, 0.1) is 5.69 Å². The van der Waals surface area contributed by atoms with Gasteiger partial charge in [-0.1, -0.05) is 0 Å². The predicted octanol–water partition coefficient (Wildman–Crippen LogP) is 3.55. The second kappa shape index (κ2) is 5.88. The number of aromatic nitrogens is 2. The molecule has 0 radical (unpaired) electrons. The minimum absolute atomic E-state index is 0.0632. The Kier molecular flexibility index (Phi) is 3.76. The number of nitrogens with zero attached hydrogens (tertiary/aromatic N) is 2. The monoisotopic (exact) mass is 314 g/mol. The number of benzene rings is 2. The van der Waals surface area contributed by atoms with Gasteiger partial charge in [-0.2, -0.15) is 9.78 Å². The highest BCUT2D eigenvalue weighted by Crippen LogP contribution is 2.26. The molecule has 7 heteroatoms. The Bertz CT molecular complexity index is 840. The van der Waals surface area contributed by atoms with Gasteiger partial charge >= 0.3 is 6.03 Å². The Morgan fingerprint density at radius 3 is 2.22 bits per heavy atom. The van der Waals surface area contributed by atoms with Crippen molar-refractivity contribution < 1.29 is 18.3 Å². The van der Waals surface area contributed by atoms with E-state index in [1.54, 1.807) is 30.3 Å². The number of primary amides is 1. The summed E-state index contributed by atoms with van der Waals surface area (Å²) >= 11 is 0. The predicted molar refractivity (Wildman–Crippen MR) is 79.1 cm³/mol. The van der Waals surface area contributed by atoms with E-state index in [1.807, 2.05) is 0 Å². The van der Waals surface area contributed by atoms with E-state index in [9.17, 15) is 13.6 Å². The number of rotatable bonds is 3. The van der Waals surface area contributed by atoms with Crippen molar-refractivity contribution in [2.45, 2.75) is 0 Å². The van der Waals surface area contributed by atoms with E-state index >= 15 is 0 Å². The quantitative estimate of drug-likeness (QED) is 0.803. The summed E-state index contributed by atoms with van der Waals surface area (Å²) in [5, 5.41) is 4.02. The van der Waals surface area contributed by atoms with Crippen molar-refractivity contribution in [1.29, 1.82) is 0 Å². The molecule has 3 aromatic rings. The topological polar surface area (TPSA) is 70.1 Å². The second-order valence-electron chi connectivity index (χ2n) is 4.72. The standard InChI is InChI=1S/C16H11F2N3O2/c17-11-7-12(18)9-14(8-11)23-13-3-1-10(2-4-13)15-5-6-21(20-15)16(19)22/h1-9H,(H2,19,22)/i17-1. The molecule has 0 bridgehead atoms. The summed E-state index contributed by atoms with van der Waals surface area (Å²) in [6, 6.07) is 10.6. The average Bonchev–Trinajstić information content (AvgIpc) is 2.97. The number of ether oxygens (including phenoxy) is 1. The van der Waals surface area contributed by atoms with Crippen LogP contribution in [0.15, 0.2) is 54.7 Å². The molecule has 0 saturated heterocycles. The number of hydrogen-bond acceptors (Lipinski definition) is 3. The van der Waals surface area contributed by atoms with Crippen molar-refractivity contribution in [2.24, 2.45) is 5.73 Å². The van der Waals surface area contributed by atoms with Gasteiger partial charge < -0.3 is 10.5 Å².